The van der Waals surface area contributed by atoms with Gasteiger partial charge < -0.3 is 15.0 Å². The Kier molecular flexibility index (Phi) is 6.58. The van der Waals surface area contributed by atoms with Gasteiger partial charge in [-0.1, -0.05) is 6.07 Å². The summed E-state index contributed by atoms with van der Waals surface area (Å²) in [6.45, 7) is 4.18. The van der Waals surface area contributed by atoms with Gasteiger partial charge in [-0.3, -0.25) is 19.5 Å². The van der Waals surface area contributed by atoms with Crippen LogP contribution < -0.4 is 10.1 Å². The van der Waals surface area contributed by atoms with Gasteiger partial charge in [0.05, 0.1) is 5.69 Å². The monoisotopic (exact) mass is 448 g/mol. The fraction of sp³-hybridized carbons (Fsp3) is 0.500. The average molecular weight is 449 g/mol. The first-order valence-corrected chi connectivity index (χ1v) is 12.1. The smallest absolute Gasteiger partial charge is 0.251 e. The number of piperidine rings is 1. The molecule has 1 atom stereocenters. The number of nitrogens with one attached hydrogen (secondary N) is 1. The normalized spacial score (nSPS) is 21.9. The molecular formula is C26H32N4O3. The van der Waals surface area contributed by atoms with E-state index in [0.29, 0.717) is 24.6 Å². The molecule has 1 aromatic carbocycles. The standard InChI is InChI=1S/C26H32N4O3/c31-25-15-19(17-30(25)22-6-7-22)16-28-26(32)20-4-8-23(9-5-20)33-24-10-13-29(14-11-24)18-21-3-1-2-12-27-21/h1-5,8-9,12,19,22,24H,6-7,10-11,13-18H2,(H,28,32). The van der Waals surface area contributed by atoms with Gasteiger partial charge in [0.15, 0.2) is 0 Å². The zero-order valence-electron chi connectivity index (χ0n) is 19.0. The van der Waals surface area contributed by atoms with Gasteiger partial charge in [-0.25, -0.2) is 0 Å². The molecule has 3 aliphatic rings. The number of rotatable bonds is 8. The minimum Gasteiger partial charge on any atom is -0.490 e. The highest BCUT2D eigenvalue weighted by Crippen LogP contribution is 2.32. The van der Waals surface area contributed by atoms with E-state index in [2.05, 4.69) is 21.3 Å². The number of amides is 2. The van der Waals surface area contributed by atoms with E-state index in [4.69, 9.17) is 4.74 Å². The van der Waals surface area contributed by atoms with Crippen molar-refractivity contribution >= 4 is 11.8 Å². The Labute approximate surface area is 195 Å². The molecule has 1 N–H and O–H groups in total. The summed E-state index contributed by atoms with van der Waals surface area (Å²) in [5, 5.41) is 3.00. The Morgan fingerprint density at radius 2 is 1.85 bits per heavy atom. The summed E-state index contributed by atoms with van der Waals surface area (Å²) in [7, 11) is 0. The van der Waals surface area contributed by atoms with Crippen LogP contribution in [0.15, 0.2) is 48.7 Å². The van der Waals surface area contributed by atoms with E-state index in [1.807, 2.05) is 47.5 Å². The largest absolute Gasteiger partial charge is 0.490 e. The van der Waals surface area contributed by atoms with E-state index in [-0.39, 0.29) is 23.8 Å². The van der Waals surface area contributed by atoms with Gasteiger partial charge in [-0.05, 0) is 62.1 Å². The highest BCUT2D eigenvalue weighted by atomic mass is 16.5. The molecule has 7 nitrogen and oxygen atoms in total. The first-order valence-electron chi connectivity index (χ1n) is 12.1. The molecule has 0 bridgehead atoms. The third kappa shape index (κ3) is 5.71. The lowest BCUT2D eigenvalue weighted by molar-refractivity contribution is -0.128. The molecule has 2 saturated heterocycles. The minimum atomic E-state index is -0.0956. The number of benzene rings is 1. The van der Waals surface area contributed by atoms with Gasteiger partial charge in [0.2, 0.25) is 5.91 Å². The molecule has 2 aromatic rings. The Morgan fingerprint density at radius 1 is 1.06 bits per heavy atom. The Morgan fingerprint density at radius 3 is 2.55 bits per heavy atom. The lowest BCUT2D eigenvalue weighted by Gasteiger charge is -2.31. The highest BCUT2D eigenvalue weighted by molar-refractivity contribution is 5.94. The molecule has 0 spiro atoms. The van der Waals surface area contributed by atoms with Gasteiger partial charge in [0.25, 0.3) is 5.91 Å². The zero-order valence-corrected chi connectivity index (χ0v) is 19.0. The van der Waals surface area contributed by atoms with Gasteiger partial charge in [0.1, 0.15) is 11.9 Å². The number of likely N-dealkylation sites (tertiary alicyclic amines) is 2. The average Bonchev–Trinajstić information content (AvgIpc) is 3.62. The van der Waals surface area contributed by atoms with Gasteiger partial charge in [-0.2, -0.15) is 0 Å². The fourth-order valence-corrected chi connectivity index (χ4v) is 4.81. The van der Waals surface area contributed by atoms with Crippen LogP contribution in [0.1, 0.15) is 48.2 Å². The molecule has 2 amide bonds. The molecule has 3 fully saturated rings. The van der Waals surface area contributed by atoms with E-state index in [1.165, 1.54) is 0 Å². The molecule has 1 aliphatic carbocycles. The van der Waals surface area contributed by atoms with E-state index >= 15 is 0 Å². The number of hydrogen-bond acceptors (Lipinski definition) is 5. The van der Waals surface area contributed by atoms with E-state index in [9.17, 15) is 9.59 Å². The van der Waals surface area contributed by atoms with Crippen LogP contribution in [0.2, 0.25) is 0 Å². The maximum atomic E-state index is 12.5. The molecule has 1 aromatic heterocycles. The number of ether oxygens (including phenoxy) is 1. The number of nitrogens with zero attached hydrogens (tertiary/aromatic N) is 3. The van der Waals surface area contributed by atoms with Crippen LogP contribution in [-0.2, 0) is 11.3 Å². The van der Waals surface area contributed by atoms with Crippen LogP contribution in [0.5, 0.6) is 5.75 Å². The molecule has 3 heterocycles. The summed E-state index contributed by atoms with van der Waals surface area (Å²) in [6.07, 6.45) is 6.80. The summed E-state index contributed by atoms with van der Waals surface area (Å²) in [5.74, 6) is 1.16. The van der Waals surface area contributed by atoms with Crippen LogP contribution in [0.3, 0.4) is 0 Å². The Bertz CT molecular complexity index is 953. The van der Waals surface area contributed by atoms with Crippen molar-refractivity contribution < 1.29 is 14.3 Å². The van der Waals surface area contributed by atoms with Crippen molar-refractivity contribution in [3.8, 4) is 5.75 Å². The predicted molar refractivity (Wildman–Crippen MR) is 125 cm³/mol. The maximum Gasteiger partial charge on any atom is 0.251 e. The van der Waals surface area contributed by atoms with E-state index in [1.54, 1.807) is 0 Å². The lowest BCUT2D eigenvalue weighted by atomic mass is 10.1. The molecule has 33 heavy (non-hydrogen) atoms. The predicted octanol–water partition coefficient (Wildman–Crippen LogP) is 2.87. The second-order valence-electron chi connectivity index (χ2n) is 9.50. The Hall–Kier alpha value is -2.93. The number of pyridine rings is 1. The van der Waals surface area contributed by atoms with E-state index < -0.39 is 0 Å². The number of aromatic nitrogens is 1. The third-order valence-corrected chi connectivity index (χ3v) is 6.84. The van der Waals surface area contributed by atoms with Crippen LogP contribution in [0, 0.1) is 5.92 Å². The second kappa shape index (κ2) is 9.91. The molecule has 0 radical (unpaired) electrons. The van der Waals surface area contributed by atoms with Crippen molar-refractivity contribution in [3.63, 3.8) is 0 Å². The first-order chi connectivity index (χ1) is 16.1. The third-order valence-electron chi connectivity index (χ3n) is 6.84. The van der Waals surface area contributed by atoms with Gasteiger partial charge in [-0.15, -0.1) is 0 Å². The zero-order chi connectivity index (χ0) is 22.6. The summed E-state index contributed by atoms with van der Waals surface area (Å²) < 4.78 is 6.16. The first kappa shape index (κ1) is 21.9. The molecule has 1 unspecified atom stereocenters. The molecule has 1 saturated carbocycles. The highest BCUT2D eigenvalue weighted by Gasteiger charge is 2.39. The summed E-state index contributed by atoms with van der Waals surface area (Å²) in [4.78, 5) is 33.4. The van der Waals surface area contributed by atoms with Crippen molar-refractivity contribution in [1.82, 2.24) is 20.1 Å². The van der Waals surface area contributed by atoms with E-state index in [0.717, 1.165) is 63.3 Å². The molecule has 7 heteroatoms. The van der Waals surface area contributed by atoms with Crippen LogP contribution in [0.25, 0.3) is 0 Å². The number of hydrogen-bond donors (Lipinski definition) is 1. The second-order valence-corrected chi connectivity index (χ2v) is 9.50. The van der Waals surface area contributed by atoms with Crippen molar-refractivity contribution in [2.24, 2.45) is 5.92 Å². The number of carbonyl (C=O) groups excluding carboxylic acids is 2. The molecule has 2 aliphatic heterocycles. The van der Waals surface area contributed by atoms with Gasteiger partial charge in [0, 0.05) is 62.9 Å². The summed E-state index contributed by atoms with van der Waals surface area (Å²) >= 11 is 0. The maximum absolute atomic E-state index is 12.5. The molecular weight excluding hydrogens is 416 g/mol. The molecule has 5 rings (SSSR count). The van der Waals surface area contributed by atoms with Gasteiger partial charge >= 0.3 is 0 Å². The fourth-order valence-electron chi connectivity index (χ4n) is 4.81. The minimum absolute atomic E-state index is 0.0956. The Balaban J connectivity index is 1.04. The quantitative estimate of drug-likeness (QED) is 0.672. The topological polar surface area (TPSA) is 74.8 Å². The SMILES string of the molecule is O=C(NCC1CC(=O)N(C2CC2)C1)c1ccc(OC2CCN(Cc3ccccn3)CC2)cc1. The van der Waals surface area contributed by atoms with Crippen molar-refractivity contribution in [2.75, 3.05) is 26.2 Å². The molecule has 174 valence electrons. The van der Waals surface area contributed by atoms with Crippen molar-refractivity contribution in [2.45, 2.75) is 50.8 Å². The van der Waals surface area contributed by atoms with Crippen LogP contribution >= 0.6 is 0 Å². The van der Waals surface area contributed by atoms with Crippen molar-refractivity contribution in [3.05, 3.63) is 59.9 Å². The van der Waals surface area contributed by atoms with Crippen molar-refractivity contribution in [1.29, 1.82) is 0 Å². The van der Waals surface area contributed by atoms with Crippen LogP contribution in [0.4, 0.5) is 0 Å². The summed E-state index contributed by atoms with van der Waals surface area (Å²) in [5.41, 5.74) is 1.72. The number of carbonyl (C=O) groups is 2. The van der Waals surface area contributed by atoms with Crippen LogP contribution in [-0.4, -0.2) is 64.9 Å². The lowest BCUT2D eigenvalue weighted by Crippen LogP contribution is -2.38. The summed E-state index contributed by atoms with van der Waals surface area (Å²) in [6, 6.07) is 13.9.